The Bertz CT molecular complexity index is 1720. The van der Waals surface area contributed by atoms with Gasteiger partial charge in [-0.05, 0) is 68.7 Å². The van der Waals surface area contributed by atoms with E-state index in [0.29, 0.717) is 0 Å². The second kappa shape index (κ2) is 12.8. The molecule has 2 unspecified atom stereocenters. The Kier molecular flexibility index (Phi) is 9.28. The largest absolute Gasteiger partial charge is 0.242 e. The lowest BCUT2D eigenvalue weighted by Crippen LogP contribution is -2.01. The zero-order valence-corrected chi connectivity index (χ0v) is 29.8. The van der Waals surface area contributed by atoms with E-state index >= 15 is 0 Å². The summed E-state index contributed by atoms with van der Waals surface area (Å²) in [5.74, 6) is 1.46. The van der Waals surface area contributed by atoms with Crippen molar-refractivity contribution >= 4 is 120 Å². The quantitative estimate of drug-likeness (QED) is 0.118. The number of thiophene rings is 2. The molecule has 0 amide bonds. The van der Waals surface area contributed by atoms with Crippen LogP contribution in [0.15, 0.2) is 21.1 Å². The molecule has 0 aliphatic carbocycles. The van der Waals surface area contributed by atoms with Crippen LogP contribution >= 0.6 is 66.3 Å². The van der Waals surface area contributed by atoms with Gasteiger partial charge < -0.3 is 0 Å². The maximum Gasteiger partial charge on any atom is 0.122 e. The summed E-state index contributed by atoms with van der Waals surface area (Å²) in [6, 6.07) is 4.86. The summed E-state index contributed by atoms with van der Waals surface area (Å²) < 4.78 is 13.6. The number of nitrogens with zero attached hydrogens (tertiary/aromatic N) is 4. The van der Waals surface area contributed by atoms with Crippen molar-refractivity contribution in [3.63, 3.8) is 0 Å². The second-order valence-electron chi connectivity index (χ2n) is 11.4. The van der Waals surface area contributed by atoms with Gasteiger partial charge in [0, 0.05) is 20.5 Å². The lowest BCUT2D eigenvalue weighted by molar-refractivity contribution is 0.452. The molecule has 6 rings (SSSR count). The highest BCUT2D eigenvalue weighted by Gasteiger charge is 2.23. The van der Waals surface area contributed by atoms with Crippen molar-refractivity contribution in [3.8, 4) is 0 Å². The van der Waals surface area contributed by atoms with Crippen LogP contribution in [0.3, 0.4) is 0 Å². The highest BCUT2D eigenvalue weighted by Crippen LogP contribution is 2.46. The van der Waals surface area contributed by atoms with Crippen LogP contribution in [0.2, 0.25) is 0 Å². The smallest absolute Gasteiger partial charge is 0.122 e. The molecule has 2 atom stereocenters. The molecule has 216 valence electrons. The molecule has 0 aliphatic heterocycles. The van der Waals surface area contributed by atoms with E-state index in [9.17, 15) is 0 Å². The van der Waals surface area contributed by atoms with Gasteiger partial charge in [0.05, 0.1) is 41.1 Å². The molecule has 0 fully saturated rings. The highest BCUT2D eigenvalue weighted by molar-refractivity contribution is 9.11. The minimum absolute atomic E-state index is 0.731. The molecule has 2 aromatic carbocycles. The third-order valence-electron chi connectivity index (χ3n) is 8.56. The fraction of sp³-hybridized carbons (Fsp3) is 0.500. The minimum atomic E-state index is 0.731. The Labute approximate surface area is 270 Å². The third-order valence-corrected chi connectivity index (χ3v) is 13.1. The maximum atomic E-state index is 5.34. The zero-order chi connectivity index (χ0) is 28.7. The van der Waals surface area contributed by atoms with Crippen LogP contribution < -0.4 is 0 Å². The normalized spacial score (nSPS) is 13.9. The Hall–Kier alpha value is -1.26. The van der Waals surface area contributed by atoms with Gasteiger partial charge in [0.2, 0.25) is 0 Å². The average Bonchev–Trinajstić information content (AvgIpc) is 3.74. The van der Waals surface area contributed by atoms with Crippen molar-refractivity contribution in [2.24, 2.45) is 11.8 Å². The summed E-state index contributed by atoms with van der Waals surface area (Å²) in [4.78, 5) is 13.6. The molecular weight excluding hydrogens is 696 g/mol. The van der Waals surface area contributed by atoms with Crippen molar-refractivity contribution in [1.29, 1.82) is 0 Å². The standard InChI is InChI=1S/C32H36Br2N4S3/c1-5-9-11-17(7-3)13-19-15-21-25-26(36-28-24(34)30-29(37-41-38-30)23(33)27(28)35-25)22-16-20(40-32(22)31(21)39-19)14-18(8-4)12-10-6-2/h15-18H,5-14H2,1-4H3. The fourth-order valence-corrected chi connectivity index (χ4v) is 10.7. The monoisotopic (exact) mass is 730 g/mol. The molecule has 0 bridgehead atoms. The molecule has 4 heterocycles. The Balaban J connectivity index is 1.59. The molecule has 0 radical (unpaired) electrons. The predicted octanol–water partition coefficient (Wildman–Crippen LogP) is 12.3. The lowest BCUT2D eigenvalue weighted by atomic mass is 9.95. The third kappa shape index (κ3) is 5.59. The maximum absolute atomic E-state index is 5.34. The summed E-state index contributed by atoms with van der Waals surface area (Å²) in [6.45, 7) is 9.28. The van der Waals surface area contributed by atoms with Gasteiger partial charge in [-0.25, -0.2) is 9.97 Å². The molecule has 41 heavy (non-hydrogen) atoms. The van der Waals surface area contributed by atoms with Crippen LogP contribution in [0.25, 0.3) is 53.3 Å². The predicted molar refractivity (Wildman–Crippen MR) is 188 cm³/mol. The van der Waals surface area contributed by atoms with E-state index in [-0.39, 0.29) is 0 Å². The molecule has 0 N–H and O–H groups in total. The number of halogens is 2. The molecule has 9 heteroatoms. The van der Waals surface area contributed by atoms with Crippen LogP contribution in [0, 0.1) is 11.8 Å². The summed E-state index contributed by atoms with van der Waals surface area (Å²) >= 11 is 12.8. The number of unbranched alkanes of at least 4 members (excludes halogenated alkanes) is 2. The Morgan fingerprint density at radius 1 is 0.634 bits per heavy atom. The zero-order valence-electron chi connectivity index (χ0n) is 24.1. The average molecular weight is 733 g/mol. The van der Waals surface area contributed by atoms with Crippen molar-refractivity contribution in [2.45, 2.75) is 91.9 Å². The van der Waals surface area contributed by atoms with Gasteiger partial charge in [-0.3, -0.25) is 0 Å². The number of hydrogen-bond acceptors (Lipinski definition) is 7. The molecular formula is C32H36Br2N4S3. The molecule has 4 nitrogen and oxygen atoms in total. The summed E-state index contributed by atoms with van der Waals surface area (Å²) in [5, 5.41) is 2.50. The van der Waals surface area contributed by atoms with Gasteiger partial charge in [0.25, 0.3) is 0 Å². The van der Waals surface area contributed by atoms with E-state index in [1.165, 1.54) is 93.0 Å². The first kappa shape index (κ1) is 29.8. The van der Waals surface area contributed by atoms with E-state index in [1.807, 2.05) is 22.7 Å². The molecule has 4 aromatic heterocycles. The first-order valence-electron chi connectivity index (χ1n) is 15.0. The number of hydrogen-bond donors (Lipinski definition) is 0. The molecule has 0 saturated carbocycles. The number of benzene rings is 2. The van der Waals surface area contributed by atoms with Crippen LogP contribution in [-0.2, 0) is 12.8 Å². The minimum Gasteiger partial charge on any atom is -0.242 e. The van der Waals surface area contributed by atoms with Gasteiger partial charge in [-0.15, -0.1) is 22.7 Å². The van der Waals surface area contributed by atoms with Gasteiger partial charge in [-0.2, -0.15) is 8.75 Å². The summed E-state index contributed by atoms with van der Waals surface area (Å²) in [5.41, 5.74) is 5.36. The Morgan fingerprint density at radius 2 is 1.07 bits per heavy atom. The van der Waals surface area contributed by atoms with E-state index < -0.39 is 0 Å². The van der Waals surface area contributed by atoms with Gasteiger partial charge in [0.15, 0.2) is 0 Å². The SMILES string of the molecule is CCCCC(CC)Cc1cc2c3nc4c(Br)c5nsnc5c(Br)c4nc3c3cc(CC(CC)CCCC)sc3c2s1. The molecule has 6 aromatic rings. The molecule has 0 saturated heterocycles. The van der Waals surface area contributed by atoms with Crippen molar-refractivity contribution in [1.82, 2.24) is 18.7 Å². The van der Waals surface area contributed by atoms with E-state index in [4.69, 9.17) is 9.97 Å². The summed E-state index contributed by atoms with van der Waals surface area (Å²) in [6.07, 6.45) is 12.5. The van der Waals surface area contributed by atoms with Crippen molar-refractivity contribution < 1.29 is 0 Å². The second-order valence-corrected chi connectivity index (χ2v) is 15.7. The Morgan fingerprint density at radius 3 is 1.46 bits per heavy atom. The van der Waals surface area contributed by atoms with E-state index in [1.54, 1.807) is 0 Å². The number of fused-ring (bicyclic) bond motifs is 8. The molecule has 0 aliphatic rings. The van der Waals surface area contributed by atoms with Crippen LogP contribution in [0.1, 0.15) is 88.8 Å². The van der Waals surface area contributed by atoms with Crippen molar-refractivity contribution in [3.05, 3.63) is 30.8 Å². The molecule has 0 spiro atoms. The van der Waals surface area contributed by atoms with Crippen molar-refractivity contribution in [2.75, 3.05) is 0 Å². The van der Waals surface area contributed by atoms with Gasteiger partial charge in [0.1, 0.15) is 22.1 Å². The van der Waals surface area contributed by atoms with Crippen LogP contribution in [-0.4, -0.2) is 18.7 Å². The fourth-order valence-electron chi connectivity index (χ4n) is 6.05. The highest BCUT2D eigenvalue weighted by atomic mass is 79.9. The van der Waals surface area contributed by atoms with E-state index in [2.05, 4.69) is 80.4 Å². The lowest BCUT2D eigenvalue weighted by Gasteiger charge is -2.12. The van der Waals surface area contributed by atoms with Crippen LogP contribution in [0.4, 0.5) is 0 Å². The van der Waals surface area contributed by atoms with Crippen LogP contribution in [0.5, 0.6) is 0 Å². The van der Waals surface area contributed by atoms with Gasteiger partial charge in [-0.1, -0.05) is 79.1 Å². The number of aromatic nitrogens is 4. The summed E-state index contributed by atoms with van der Waals surface area (Å²) in [7, 11) is 0. The first-order chi connectivity index (χ1) is 20.0. The topological polar surface area (TPSA) is 51.6 Å². The first-order valence-corrected chi connectivity index (χ1v) is 19.0. The van der Waals surface area contributed by atoms with Gasteiger partial charge >= 0.3 is 0 Å². The number of rotatable bonds is 12. The van der Waals surface area contributed by atoms with E-state index in [0.717, 1.165) is 66.7 Å².